The van der Waals surface area contributed by atoms with E-state index in [0.717, 1.165) is 0 Å². The first-order valence-electron chi connectivity index (χ1n) is 8.81. The lowest BCUT2D eigenvalue weighted by atomic mass is 10.2. The van der Waals surface area contributed by atoms with E-state index in [9.17, 15) is 17.6 Å². The van der Waals surface area contributed by atoms with Crippen molar-refractivity contribution in [1.29, 1.82) is 0 Å². The fourth-order valence-corrected chi connectivity index (χ4v) is 4.39. The first kappa shape index (κ1) is 19.3. The van der Waals surface area contributed by atoms with Crippen LogP contribution in [0.3, 0.4) is 0 Å². The zero-order valence-electron chi connectivity index (χ0n) is 15.2. The van der Waals surface area contributed by atoms with Gasteiger partial charge in [0, 0.05) is 37.4 Å². The number of carbonyl (C=O) groups is 1. The van der Waals surface area contributed by atoms with Gasteiger partial charge in [-0.25, -0.2) is 17.8 Å². The predicted molar refractivity (Wildman–Crippen MR) is 102 cm³/mol. The number of amides is 1. The number of aromatic amines is 1. The summed E-state index contributed by atoms with van der Waals surface area (Å²) in [6, 6.07) is 5.50. The Morgan fingerprint density at radius 1 is 1.24 bits per heavy atom. The Balaban J connectivity index is 1.49. The Morgan fingerprint density at radius 2 is 2.03 bits per heavy atom. The van der Waals surface area contributed by atoms with Crippen molar-refractivity contribution in [2.75, 3.05) is 31.6 Å². The van der Waals surface area contributed by atoms with E-state index in [-0.39, 0.29) is 29.4 Å². The van der Waals surface area contributed by atoms with Crippen molar-refractivity contribution in [3.63, 3.8) is 0 Å². The summed E-state index contributed by atoms with van der Waals surface area (Å²) >= 11 is 0. The minimum Gasteiger partial charge on any atom is -0.379 e. The number of morpholine rings is 1. The molecule has 9 nitrogen and oxygen atoms in total. The van der Waals surface area contributed by atoms with E-state index in [1.165, 1.54) is 45.8 Å². The second kappa shape index (κ2) is 7.78. The minimum absolute atomic E-state index is 0.00816. The van der Waals surface area contributed by atoms with Crippen molar-refractivity contribution in [2.45, 2.75) is 4.90 Å². The number of hydrogen-bond donors (Lipinski definition) is 2. The Hall–Kier alpha value is -3.02. The number of sulfonamides is 1. The molecule has 0 atom stereocenters. The van der Waals surface area contributed by atoms with E-state index >= 15 is 0 Å². The Bertz CT molecular complexity index is 1120. The van der Waals surface area contributed by atoms with Crippen LogP contribution < -0.4 is 5.32 Å². The second-order valence-electron chi connectivity index (χ2n) is 6.36. The van der Waals surface area contributed by atoms with Crippen LogP contribution in [0, 0.1) is 5.82 Å². The van der Waals surface area contributed by atoms with Gasteiger partial charge in [-0.3, -0.25) is 4.79 Å². The lowest BCUT2D eigenvalue weighted by Gasteiger charge is -2.25. The summed E-state index contributed by atoms with van der Waals surface area (Å²) in [7, 11) is -3.71. The van der Waals surface area contributed by atoms with Gasteiger partial charge in [0.25, 0.3) is 5.91 Å². The third-order valence-electron chi connectivity index (χ3n) is 4.50. The number of carbonyl (C=O) groups excluding carboxylic acids is 1. The fourth-order valence-electron chi connectivity index (χ4n) is 2.98. The average molecular weight is 419 g/mol. The molecule has 152 valence electrons. The van der Waals surface area contributed by atoms with E-state index in [4.69, 9.17) is 4.74 Å². The summed E-state index contributed by atoms with van der Waals surface area (Å²) in [6.45, 7) is 1.18. The topological polar surface area (TPSA) is 109 Å². The summed E-state index contributed by atoms with van der Waals surface area (Å²) in [5.41, 5.74) is 0.582. The molecule has 2 aromatic heterocycles. The van der Waals surface area contributed by atoms with Crippen LogP contribution in [-0.4, -0.2) is 59.5 Å². The molecule has 3 heterocycles. The molecule has 11 heteroatoms. The standard InChI is InChI=1S/C18H18FN5O4S/c19-15-9-13(1-2-17(15)23-4-3-20-12-23)22-18(25)16-10-14(11-21-16)29(26,27)24-5-7-28-8-6-24/h1-4,9-12,21H,5-8H2,(H,22,25). The Kier molecular flexibility index (Phi) is 5.18. The summed E-state index contributed by atoms with van der Waals surface area (Å²) < 4.78 is 47.6. The quantitative estimate of drug-likeness (QED) is 0.653. The van der Waals surface area contributed by atoms with Crippen molar-refractivity contribution >= 4 is 21.6 Å². The molecule has 3 aromatic rings. The van der Waals surface area contributed by atoms with Gasteiger partial charge in [0.1, 0.15) is 16.4 Å². The zero-order valence-corrected chi connectivity index (χ0v) is 16.0. The molecule has 1 amide bonds. The number of aromatic nitrogens is 3. The van der Waals surface area contributed by atoms with Gasteiger partial charge in [0.05, 0.1) is 25.2 Å². The van der Waals surface area contributed by atoms with Crippen LogP contribution in [0.1, 0.15) is 10.5 Å². The number of nitrogens with zero attached hydrogens (tertiary/aromatic N) is 3. The normalized spacial score (nSPS) is 15.3. The molecule has 0 bridgehead atoms. The highest BCUT2D eigenvalue weighted by Gasteiger charge is 2.28. The van der Waals surface area contributed by atoms with Gasteiger partial charge < -0.3 is 19.6 Å². The molecular weight excluding hydrogens is 401 g/mol. The molecule has 0 unspecified atom stereocenters. The number of ether oxygens (including phenoxy) is 1. The molecule has 1 aromatic carbocycles. The van der Waals surface area contributed by atoms with Gasteiger partial charge in [-0.05, 0) is 24.3 Å². The number of hydrogen-bond acceptors (Lipinski definition) is 5. The van der Waals surface area contributed by atoms with E-state index in [1.54, 1.807) is 12.3 Å². The second-order valence-corrected chi connectivity index (χ2v) is 8.29. The van der Waals surface area contributed by atoms with Crippen LogP contribution in [0.25, 0.3) is 5.69 Å². The number of benzene rings is 1. The Labute approximate surface area is 166 Å². The molecule has 1 aliphatic rings. The maximum absolute atomic E-state index is 14.3. The van der Waals surface area contributed by atoms with Crippen LogP contribution in [0.4, 0.5) is 10.1 Å². The third-order valence-corrected chi connectivity index (χ3v) is 6.37. The molecule has 0 saturated carbocycles. The first-order chi connectivity index (χ1) is 13.9. The van der Waals surface area contributed by atoms with E-state index in [1.807, 2.05) is 0 Å². The first-order valence-corrected chi connectivity index (χ1v) is 10.2. The van der Waals surface area contributed by atoms with Crippen LogP contribution >= 0.6 is 0 Å². The summed E-state index contributed by atoms with van der Waals surface area (Å²) in [4.78, 5) is 19.0. The molecule has 0 aliphatic carbocycles. The SMILES string of the molecule is O=C(Nc1ccc(-n2ccnc2)c(F)c1)c1cc(S(=O)(=O)N2CCOCC2)c[nH]1. The smallest absolute Gasteiger partial charge is 0.272 e. The molecule has 1 saturated heterocycles. The largest absolute Gasteiger partial charge is 0.379 e. The number of imidazole rings is 1. The highest BCUT2D eigenvalue weighted by atomic mass is 32.2. The monoisotopic (exact) mass is 419 g/mol. The van der Waals surface area contributed by atoms with Gasteiger partial charge >= 0.3 is 0 Å². The highest BCUT2D eigenvalue weighted by Crippen LogP contribution is 2.21. The van der Waals surface area contributed by atoms with Crippen molar-refractivity contribution in [3.8, 4) is 5.69 Å². The maximum atomic E-state index is 14.3. The molecule has 1 fully saturated rings. The summed E-state index contributed by atoms with van der Waals surface area (Å²) in [5, 5.41) is 2.55. The fraction of sp³-hybridized carbons (Fsp3) is 0.222. The van der Waals surface area contributed by atoms with Gasteiger partial charge in [0.2, 0.25) is 10.0 Å². The van der Waals surface area contributed by atoms with Gasteiger partial charge in [-0.15, -0.1) is 0 Å². The molecule has 2 N–H and O–H groups in total. The number of halogens is 1. The van der Waals surface area contributed by atoms with Crippen LogP contribution in [0.15, 0.2) is 54.1 Å². The Morgan fingerprint density at radius 3 is 2.72 bits per heavy atom. The highest BCUT2D eigenvalue weighted by molar-refractivity contribution is 7.89. The minimum atomic E-state index is -3.71. The summed E-state index contributed by atoms with van der Waals surface area (Å²) in [5.74, 6) is -1.12. The zero-order chi connectivity index (χ0) is 20.4. The number of nitrogens with one attached hydrogen (secondary N) is 2. The molecule has 0 spiro atoms. The lowest BCUT2D eigenvalue weighted by Crippen LogP contribution is -2.40. The van der Waals surface area contributed by atoms with Gasteiger partial charge in [0.15, 0.2) is 0 Å². The average Bonchev–Trinajstić information content (AvgIpc) is 3.41. The number of rotatable bonds is 5. The van der Waals surface area contributed by atoms with Crippen LogP contribution in [-0.2, 0) is 14.8 Å². The maximum Gasteiger partial charge on any atom is 0.272 e. The van der Waals surface area contributed by atoms with E-state index < -0.39 is 21.7 Å². The van der Waals surface area contributed by atoms with Gasteiger partial charge in [-0.1, -0.05) is 0 Å². The van der Waals surface area contributed by atoms with Gasteiger partial charge in [-0.2, -0.15) is 4.31 Å². The van der Waals surface area contributed by atoms with E-state index in [0.29, 0.717) is 18.9 Å². The molecule has 4 rings (SSSR count). The van der Waals surface area contributed by atoms with Crippen molar-refractivity contribution in [2.24, 2.45) is 0 Å². The number of anilines is 1. The predicted octanol–water partition coefficient (Wildman–Crippen LogP) is 1.61. The molecular formula is C18H18FN5O4S. The summed E-state index contributed by atoms with van der Waals surface area (Å²) in [6.07, 6.45) is 5.86. The third kappa shape index (κ3) is 3.92. The van der Waals surface area contributed by atoms with E-state index in [2.05, 4.69) is 15.3 Å². The van der Waals surface area contributed by atoms with Crippen LogP contribution in [0.2, 0.25) is 0 Å². The van der Waals surface area contributed by atoms with Crippen molar-refractivity contribution < 1.29 is 22.3 Å². The van der Waals surface area contributed by atoms with Crippen LogP contribution in [0.5, 0.6) is 0 Å². The van der Waals surface area contributed by atoms with Crippen molar-refractivity contribution in [3.05, 3.63) is 60.7 Å². The molecule has 29 heavy (non-hydrogen) atoms. The molecule has 0 radical (unpaired) electrons. The van der Waals surface area contributed by atoms with Crippen molar-refractivity contribution in [1.82, 2.24) is 18.8 Å². The lowest BCUT2D eigenvalue weighted by molar-refractivity contribution is 0.0730. The number of H-pyrrole nitrogens is 1. The molecule has 1 aliphatic heterocycles.